The van der Waals surface area contributed by atoms with Crippen molar-refractivity contribution < 1.29 is 13.5 Å². The van der Waals surface area contributed by atoms with Crippen LogP contribution < -0.4 is 10.6 Å². The molecule has 3 N–H and O–H groups in total. The number of nitrogens with zero attached hydrogens (tertiary/aromatic N) is 2. The van der Waals surface area contributed by atoms with Gasteiger partial charge in [0.1, 0.15) is 4.21 Å². The maximum Gasteiger partial charge on any atom is 0.191 e. The summed E-state index contributed by atoms with van der Waals surface area (Å²) in [6.45, 7) is 3.05. The molecule has 144 valence electrons. The third-order valence-corrected chi connectivity index (χ3v) is 6.47. The Morgan fingerprint density at radius 2 is 2.12 bits per heavy atom. The van der Waals surface area contributed by atoms with Crippen molar-refractivity contribution in [3.8, 4) is 0 Å². The number of nitrogens with one attached hydrogen (secondary N) is 2. The van der Waals surface area contributed by atoms with E-state index in [1.54, 1.807) is 23.7 Å². The average molecular weight is 510 g/mol. The molecule has 0 aromatic carbocycles. The smallest absolute Gasteiger partial charge is 0.191 e. The zero-order chi connectivity index (χ0) is 18.1. The van der Waals surface area contributed by atoms with Crippen LogP contribution in [0.15, 0.2) is 51.1 Å². The van der Waals surface area contributed by atoms with Crippen molar-refractivity contribution in [3.05, 3.63) is 47.6 Å². The molecular weight excluding hydrogens is 487 g/mol. The van der Waals surface area contributed by atoms with Gasteiger partial charge in [-0.25, -0.2) is 13.4 Å². The summed E-state index contributed by atoms with van der Waals surface area (Å²) in [6, 6.07) is 8.81. The van der Waals surface area contributed by atoms with Crippen LogP contribution >= 0.6 is 35.3 Å². The van der Waals surface area contributed by atoms with E-state index in [4.69, 9.17) is 0 Å². The SMILES string of the molecule is CCNC(=NCc1ccccn1)NCC(O)CS(=O)(=O)c1cccs1.I. The highest BCUT2D eigenvalue weighted by Gasteiger charge is 2.20. The lowest BCUT2D eigenvalue weighted by molar-refractivity contribution is 0.200. The maximum atomic E-state index is 12.2. The summed E-state index contributed by atoms with van der Waals surface area (Å²) in [7, 11) is -3.47. The number of guanidine groups is 1. The Hall–Kier alpha value is -1.24. The lowest BCUT2D eigenvalue weighted by atomic mass is 10.3. The molecule has 2 aromatic heterocycles. The summed E-state index contributed by atoms with van der Waals surface area (Å²) in [6.07, 6.45) is 0.663. The van der Waals surface area contributed by atoms with Crippen molar-refractivity contribution in [1.29, 1.82) is 0 Å². The number of aliphatic imine (C=N–C) groups is 1. The summed E-state index contributed by atoms with van der Waals surface area (Å²) in [5.74, 6) is 0.167. The first-order chi connectivity index (χ1) is 12.0. The maximum absolute atomic E-state index is 12.2. The molecule has 0 saturated heterocycles. The quantitative estimate of drug-likeness (QED) is 0.284. The van der Waals surface area contributed by atoms with E-state index < -0.39 is 15.9 Å². The van der Waals surface area contributed by atoms with Crippen LogP contribution in [0.5, 0.6) is 0 Å². The highest BCUT2D eigenvalue weighted by molar-refractivity contribution is 14.0. The van der Waals surface area contributed by atoms with Gasteiger partial charge in [-0.05, 0) is 30.5 Å². The van der Waals surface area contributed by atoms with Crippen LogP contribution in [0.4, 0.5) is 0 Å². The second kappa shape index (κ2) is 11.5. The normalized spacial score (nSPS) is 12.9. The van der Waals surface area contributed by atoms with Gasteiger partial charge in [0.15, 0.2) is 15.8 Å². The molecule has 0 spiro atoms. The fourth-order valence-corrected chi connectivity index (χ4v) is 4.52. The van der Waals surface area contributed by atoms with Crippen LogP contribution in [0.1, 0.15) is 12.6 Å². The van der Waals surface area contributed by atoms with Crippen LogP contribution in [0, 0.1) is 0 Å². The average Bonchev–Trinajstić information content (AvgIpc) is 3.13. The Labute approximate surface area is 174 Å². The van der Waals surface area contributed by atoms with E-state index in [2.05, 4.69) is 20.6 Å². The van der Waals surface area contributed by atoms with Crippen molar-refractivity contribution in [2.75, 3.05) is 18.8 Å². The van der Waals surface area contributed by atoms with Crippen molar-refractivity contribution >= 4 is 51.1 Å². The van der Waals surface area contributed by atoms with Gasteiger partial charge in [-0.1, -0.05) is 12.1 Å². The zero-order valence-electron chi connectivity index (χ0n) is 14.3. The van der Waals surface area contributed by atoms with Gasteiger partial charge in [0.05, 0.1) is 24.1 Å². The Bertz CT molecular complexity index is 768. The fraction of sp³-hybridized carbons (Fsp3) is 0.375. The number of halogens is 1. The summed E-state index contributed by atoms with van der Waals surface area (Å²) >= 11 is 1.15. The molecule has 1 unspecified atom stereocenters. The lowest BCUT2D eigenvalue weighted by Crippen LogP contribution is -2.42. The number of aromatic nitrogens is 1. The third kappa shape index (κ3) is 7.56. The number of aliphatic hydroxyl groups excluding tert-OH is 1. The van der Waals surface area contributed by atoms with E-state index >= 15 is 0 Å². The molecule has 7 nitrogen and oxygen atoms in total. The first-order valence-electron chi connectivity index (χ1n) is 7.87. The third-order valence-electron chi connectivity index (χ3n) is 3.19. The van der Waals surface area contributed by atoms with Gasteiger partial charge in [0.2, 0.25) is 0 Å². The van der Waals surface area contributed by atoms with Gasteiger partial charge in [0, 0.05) is 19.3 Å². The van der Waals surface area contributed by atoms with Crippen LogP contribution in [0.3, 0.4) is 0 Å². The van der Waals surface area contributed by atoms with E-state index in [0.717, 1.165) is 17.0 Å². The molecule has 0 aliphatic heterocycles. The standard InChI is InChI=1S/C16H22N4O3S2.HI/c1-2-17-16(19-10-13-6-3-4-8-18-13)20-11-14(21)12-25(22,23)15-7-5-9-24-15;/h3-9,14,21H,2,10-12H2,1H3,(H2,17,19,20);1H. The zero-order valence-corrected chi connectivity index (χ0v) is 18.3. The molecule has 0 fully saturated rings. The Morgan fingerprint density at radius 3 is 2.73 bits per heavy atom. The van der Waals surface area contributed by atoms with Gasteiger partial charge >= 0.3 is 0 Å². The van der Waals surface area contributed by atoms with E-state index in [1.165, 1.54) is 0 Å². The van der Waals surface area contributed by atoms with Crippen LogP contribution in [-0.4, -0.2) is 49.4 Å². The minimum Gasteiger partial charge on any atom is -0.390 e. The number of sulfone groups is 1. The Balaban J connectivity index is 0.00000338. The molecular formula is C16H23IN4O3S2. The van der Waals surface area contributed by atoms with Gasteiger partial charge in [-0.15, -0.1) is 35.3 Å². The molecule has 2 aromatic rings. The lowest BCUT2D eigenvalue weighted by Gasteiger charge is -2.15. The fourth-order valence-electron chi connectivity index (χ4n) is 2.04. The van der Waals surface area contributed by atoms with Crippen molar-refractivity contribution in [2.45, 2.75) is 23.8 Å². The minimum atomic E-state index is -3.47. The molecule has 10 heteroatoms. The van der Waals surface area contributed by atoms with Crippen LogP contribution in [0.25, 0.3) is 0 Å². The van der Waals surface area contributed by atoms with E-state index in [1.807, 2.05) is 25.1 Å². The molecule has 0 saturated carbocycles. The molecule has 1 atom stereocenters. The Kier molecular flexibility index (Phi) is 10.1. The topological polar surface area (TPSA) is 104 Å². The second-order valence-electron chi connectivity index (χ2n) is 5.26. The first kappa shape index (κ1) is 22.8. The molecule has 0 amide bonds. The van der Waals surface area contributed by atoms with Crippen molar-refractivity contribution in [3.63, 3.8) is 0 Å². The predicted molar refractivity (Wildman–Crippen MR) is 115 cm³/mol. The predicted octanol–water partition coefficient (Wildman–Crippen LogP) is 1.65. The van der Waals surface area contributed by atoms with Crippen LogP contribution in [-0.2, 0) is 16.4 Å². The number of aliphatic hydroxyl groups is 1. The molecule has 0 aliphatic carbocycles. The molecule has 26 heavy (non-hydrogen) atoms. The summed E-state index contributed by atoms with van der Waals surface area (Å²) in [4.78, 5) is 8.57. The highest BCUT2D eigenvalue weighted by Crippen LogP contribution is 2.17. The molecule has 0 aliphatic rings. The number of rotatable bonds is 8. The first-order valence-corrected chi connectivity index (χ1v) is 10.4. The van der Waals surface area contributed by atoms with Gasteiger partial charge < -0.3 is 15.7 Å². The van der Waals surface area contributed by atoms with E-state index in [-0.39, 0.29) is 40.5 Å². The number of hydrogen-bond donors (Lipinski definition) is 3. The molecule has 2 rings (SSSR count). The summed E-state index contributed by atoms with van der Waals surface area (Å²) in [5.41, 5.74) is 0.820. The molecule has 2 heterocycles. The number of pyridine rings is 1. The van der Waals surface area contributed by atoms with E-state index in [9.17, 15) is 13.5 Å². The van der Waals surface area contributed by atoms with Crippen LogP contribution in [0.2, 0.25) is 0 Å². The van der Waals surface area contributed by atoms with Gasteiger partial charge in [-0.3, -0.25) is 4.98 Å². The van der Waals surface area contributed by atoms with Gasteiger partial charge in [-0.2, -0.15) is 0 Å². The second-order valence-corrected chi connectivity index (χ2v) is 8.47. The molecule has 0 bridgehead atoms. The highest BCUT2D eigenvalue weighted by atomic mass is 127. The minimum absolute atomic E-state index is 0. The summed E-state index contributed by atoms with van der Waals surface area (Å²) < 4.78 is 24.6. The molecule has 0 radical (unpaired) electrons. The van der Waals surface area contributed by atoms with Gasteiger partial charge in [0.25, 0.3) is 0 Å². The summed E-state index contributed by atoms with van der Waals surface area (Å²) in [5, 5.41) is 17.8. The van der Waals surface area contributed by atoms with Crippen molar-refractivity contribution in [1.82, 2.24) is 15.6 Å². The van der Waals surface area contributed by atoms with Crippen molar-refractivity contribution in [2.24, 2.45) is 4.99 Å². The van der Waals surface area contributed by atoms with E-state index in [0.29, 0.717) is 19.0 Å². The number of thiophene rings is 1. The monoisotopic (exact) mass is 510 g/mol. The number of hydrogen-bond acceptors (Lipinski definition) is 6. The largest absolute Gasteiger partial charge is 0.390 e. The Morgan fingerprint density at radius 1 is 1.31 bits per heavy atom.